The topological polar surface area (TPSA) is 55.6 Å². The van der Waals surface area contributed by atoms with E-state index in [0.29, 0.717) is 0 Å². The highest BCUT2D eigenvalue weighted by atomic mass is 15.2. The normalized spacial score (nSPS) is 11.2. The first-order chi connectivity index (χ1) is 16.3. The smallest absolute Gasteiger partial charge is 0.160 e. The quantitative estimate of drug-likeness (QED) is 0.341. The molecule has 0 amide bonds. The lowest BCUT2D eigenvalue weighted by atomic mass is 10.1. The molecule has 5 nitrogen and oxygen atoms in total. The van der Waals surface area contributed by atoms with Gasteiger partial charge in [0, 0.05) is 22.1 Å². The van der Waals surface area contributed by atoms with Gasteiger partial charge in [-0.25, -0.2) is 4.98 Å². The highest BCUT2D eigenvalue weighted by molar-refractivity contribution is 5.95. The fourth-order valence-electron chi connectivity index (χ4n) is 4.21. The van der Waals surface area contributed by atoms with E-state index in [1.54, 1.807) is 0 Å². The van der Waals surface area contributed by atoms with Gasteiger partial charge in [0.15, 0.2) is 5.82 Å². The standard InChI is InChI=1S/C28H21N5/c1-19-24-9-5-6-10-25(24)28(32-31-19)30-22-13-16-27-26(17-22)29-18-33(27)23-14-11-21(12-15-23)20-7-3-2-4-8-20/h2-18H,1H3,(H,30,32). The summed E-state index contributed by atoms with van der Waals surface area (Å²) < 4.78 is 2.11. The van der Waals surface area contributed by atoms with E-state index >= 15 is 0 Å². The molecule has 0 unspecified atom stereocenters. The summed E-state index contributed by atoms with van der Waals surface area (Å²) in [5.74, 6) is 0.742. The van der Waals surface area contributed by atoms with Crippen LogP contribution >= 0.6 is 0 Å². The summed E-state index contributed by atoms with van der Waals surface area (Å²) in [6, 6.07) is 33.3. The van der Waals surface area contributed by atoms with Crippen LogP contribution in [0.4, 0.5) is 11.5 Å². The zero-order valence-corrected chi connectivity index (χ0v) is 18.1. The maximum atomic E-state index is 4.64. The lowest BCUT2D eigenvalue weighted by molar-refractivity contribution is 1.01. The minimum absolute atomic E-state index is 0.742. The van der Waals surface area contributed by atoms with Crippen molar-refractivity contribution in [2.75, 3.05) is 5.32 Å². The first kappa shape index (κ1) is 19.2. The van der Waals surface area contributed by atoms with E-state index in [-0.39, 0.29) is 0 Å². The fraction of sp³-hybridized carbons (Fsp3) is 0.0357. The molecule has 158 valence electrons. The predicted molar refractivity (Wildman–Crippen MR) is 134 cm³/mol. The molecule has 4 aromatic carbocycles. The van der Waals surface area contributed by atoms with E-state index in [2.05, 4.69) is 97.9 Å². The molecule has 2 heterocycles. The zero-order valence-electron chi connectivity index (χ0n) is 18.1. The van der Waals surface area contributed by atoms with Crippen LogP contribution in [0.2, 0.25) is 0 Å². The molecule has 0 bridgehead atoms. The molecule has 0 radical (unpaired) electrons. The van der Waals surface area contributed by atoms with Gasteiger partial charge in [-0.05, 0) is 48.4 Å². The van der Waals surface area contributed by atoms with Gasteiger partial charge in [-0.2, -0.15) is 5.10 Å². The monoisotopic (exact) mass is 427 g/mol. The molecule has 0 aliphatic rings. The van der Waals surface area contributed by atoms with Crippen LogP contribution in [0.1, 0.15) is 5.69 Å². The summed E-state index contributed by atoms with van der Waals surface area (Å²) in [5, 5.41) is 14.3. The number of hydrogen-bond acceptors (Lipinski definition) is 4. The van der Waals surface area contributed by atoms with Crippen LogP contribution in [-0.2, 0) is 0 Å². The summed E-state index contributed by atoms with van der Waals surface area (Å²) in [6.45, 7) is 1.98. The van der Waals surface area contributed by atoms with Crippen LogP contribution in [0, 0.1) is 6.92 Å². The third kappa shape index (κ3) is 3.49. The Hall–Kier alpha value is -4.51. The van der Waals surface area contributed by atoms with Crippen molar-refractivity contribution < 1.29 is 0 Å². The van der Waals surface area contributed by atoms with Crippen LogP contribution in [0.25, 0.3) is 38.6 Å². The molecule has 0 aliphatic heterocycles. The molecule has 2 aromatic heterocycles. The second kappa shape index (κ2) is 7.88. The van der Waals surface area contributed by atoms with Crippen LogP contribution < -0.4 is 5.32 Å². The van der Waals surface area contributed by atoms with Gasteiger partial charge in [0.1, 0.15) is 6.33 Å². The molecule has 0 saturated carbocycles. The van der Waals surface area contributed by atoms with Crippen molar-refractivity contribution >= 4 is 33.3 Å². The second-order valence-electron chi connectivity index (χ2n) is 8.04. The first-order valence-electron chi connectivity index (χ1n) is 10.9. The van der Waals surface area contributed by atoms with Crippen LogP contribution in [0.3, 0.4) is 0 Å². The van der Waals surface area contributed by atoms with Gasteiger partial charge in [0.2, 0.25) is 0 Å². The molecule has 6 aromatic rings. The Morgan fingerprint density at radius 1 is 0.697 bits per heavy atom. The SMILES string of the molecule is Cc1nnc(Nc2ccc3c(c2)ncn3-c2ccc(-c3ccccc3)cc2)c2ccccc12. The average Bonchev–Trinajstić information content (AvgIpc) is 3.30. The van der Waals surface area contributed by atoms with Crippen LogP contribution in [-0.4, -0.2) is 19.7 Å². The van der Waals surface area contributed by atoms with Crippen molar-refractivity contribution in [2.45, 2.75) is 6.92 Å². The van der Waals surface area contributed by atoms with Gasteiger partial charge in [0.25, 0.3) is 0 Å². The van der Waals surface area contributed by atoms with Gasteiger partial charge in [-0.15, -0.1) is 5.10 Å². The third-order valence-corrected chi connectivity index (χ3v) is 5.93. The Balaban J connectivity index is 1.32. The Kier molecular flexibility index (Phi) is 4.58. The van der Waals surface area contributed by atoms with Gasteiger partial charge >= 0.3 is 0 Å². The van der Waals surface area contributed by atoms with E-state index in [1.165, 1.54) is 11.1 Å². The van der Waals surface area contributed by atoms with Crippen molar-refractivity contribution in [3.05, 3.63) is 109 Å². The van der Waals surface area contributed by atoms with Gasteiger partial charge in [-0.3, -0.25) is 4.57 Å². The molecule has 0 fully saturated rings. The molecular formula is C28H21N5. The van der Waals surface area contributed by atoms with Gasteiger partial charge in [0.05, 0.1) is 16.7 Å². The molecule has 0 aliphatic carbocycles. The second-order valence-corrected chi connectivity index (χ2v) is 8.04. The summed E-state index contributed by atoms with van der Waals surface area (Å²) in [5.41, 5.74) is 7.29. The lowest BCUT2D eigenvalue weighted by Gasteiger charge is -2.10. The van der Waals surface area contributed by atoms with E-state index < -0.39 is 0 Å². The maximum Gasteiger partial charge on any atom is 0.160 e. The minimum Gasteiger partial charge on any atom is -0.338 e. The number of aryl methyl sites for hydroxylation is 1. The number of fused-ring (bicyclic) bond motifs is 2. The summed E-state index contributed by atoms with van der Waals surface area (Å²) >= 11 is 0. The average molecular weight is 428 g/mol. The number of nitrogens with one attached hydrogen (secondary N) is 1. The molecule has 33 heavy (non-hydrogen) atoms. The molecule has 1 N–H and O–H groups in total. The maximum absolute atomic E-state index is 4.64. The van der Waals surface area contributed by atoms with E-state index in [4.69, 9.17) is 0 Å². The van der Waals surface area contributed by atoms with Gasteiger partial charge in [-0.1, -0.05) is 66.7 Å². The predicted octanol–water partition coefficient (Wildman–Crippen LogP) is 6.69. The molecule has 5 heteroatoms. The lowest BCUT2D eigenvalue weighted by Crippen LogP contribution is -1.99. The van der Waals surface area contributed by atoms with E-state index in [1.807, 2.05) is 37.5 Å². The number of aromatic nitrogens is 4. The third-order valence-electron chi connectivity index (χ3n) is 5.93. The van der Waals surface area contributed by atoms with Crippen molar-refractivity contribution in [3.63, 3.8) is 0 Å². The zero-order chi connectivity index (χ0) is 22.2. The summed E-state index contributed by atoms with van der Waals surface area (Å²) in [6.07, 6.45) is 1.87. The molecule has 0 spiro atoms. The first-order valence-corrected chi connectivity index (χ1v) is 10.9. The van der Waals surface area contributed by atoms with Crippen molar-refractivity contribution in [1.29, 1.82) is 0 Å². The summed E-state index contributed by atoms with van der Waals surface area (Å²) in [4.78, 5) is 4.64. The fourth-order valence-corrected chi connectivity index (χ4v) is 4.21. The van der Waals surface area contributed by atoms with Crippen molar-refractivity contribution in [1.82, 2.24) is 19.7 Å². The number of nitrogens with zero attached hydrogens (tertiary/aromatic N) is 4. The number of hydrogen-bond donors (Lipinski definition) is 1. The molecule has 0 saturated heterocycles. The Morgan fingerprint density at radius 2 is 1.42 bits per heavy atom. The Morgan fingerprint density at radius 3 is 2.24 bits per heavy atom. The highest BCUT2D eigenvalue weighted by Gasteiger charge is 2.09. The number of rotatable bonds is 4. The minimum atomic E-state index is 0.742. The largest absolute Gasteiger partial charge is 0.338 e. The number of imidazole rings is 1. The Bertz CT molecular complexity index is 1580. The molecule has 6 rings (SSSR count). The van der Waals surface area contributed by atoms with Crippen molar-refractivity contribution in [2.24, 2.45) is 0 Å². The van der Waals surface area contributed by atoms with Crippen LogP contribution in [0.15, 0.2) is 103 Å². The van der Waals surface area contributed by atoms with E-state index in [9.17, 15) is 0 Å². The number of benzene rings is 4. The Labute approximate surface area is 191 Å². The molecular weight excluding hydrogens is 406 g/mol. The summed E-state index contributed by atoms with van der Waals surface area (Å²) in [7, 11) is 0. The van der Waals surface area contributed by atoms with Gasteiger partial charge < -0.3 is 5.32 Å². The van der Waals surface area contributed by atoms with Crippen LogP contribution in [0.5, 0.6) is 0 Å². The molecule has 0 atom stereocenters. The van der Waals surface area contributed by atoms with Crippen molar-refractivity contribution in [3.8, 4) is 16.8 Å². The highest BCUT2D eigenvalue weighted by Crippen LogP contribution is 2.28. The number of anilines is 2. The van der Waals surface area contributed by atoms with E-state index in [0.717, 1.165) is 44.7 Å².